The monoisotopic (exact) mass is 386 g/mol. The molecule has 0 spiro atoms. The lowest BCUT2D eigenvalue weighted by Gasteiger charge is -2.23. The summed E-state index contributed by atoms with van der Waals surface area (Å²) < 4.78 is 5.29. The lowest BCUT2D eigenvalue weighted by Crippen LogP contribution is -2.40. The first-order valence-corrected chi connectivity index (χ1v) is 9.45. The van der Waals surface area contributed by atoms with E-state index in [2.05, 4.69) is 25.7 Å². The molecule has 3 N–H and O–H groups in total. The molecule has 0 atom stereocenters. The Morgan fingerprint density at radius 1 is 1.33 bits per heavy atom. The average molecular weight is 386 g/mol. The number of anilines is 1. The van der Waals surface area contributed by atoms with Crippen molar-refractivity contribution in [1.82, 2.24) is 25.7 Å². The number of carbonyl (C=O) groups excluding carboxylic acids is 1. The van der Waals surface area contributed by atoms with Crippen LogP contribution < -0.4 is 11.1 Å². The van der Waals surface area contributed by atoms with E-state index in [1.165, 1.54) is 11.3 Å². The van der Waals surface area contributed by atoms with Gasteiger partial charge < -0.3 is 15.6 Å². The summed E-state index contributed by atoms with van der Waals surface area (Å²) in [6.45, 7) is 5.76. The van der Waals surface area contributed by atoms with Crippen molar-refractivity contribution in [3.05, 3.63) is 40.7 Å². The minimum absolute atomic E-state index is 0.0767. The van der Waals surface area contributed by atoms with Crippen LogP contribution in [0.5, 0.6) is 0 Å². The number of rotatable bonds is 7. The van der Waals surface area contributed by atoms with Gasteiger partial charge in [0.25, 0.3) is 0 Å². The van der Waals surface area contributed by atoms with E-state index in [-0.39, 0.29) is 5.91 Å². The van der Waals surface area contributed by atoms with Gasteiger partial charge in [-0.3, -0.25) is 4.79 Å². The molecule has 0 aliphatic heterocycles. The molecular formula is C18H22N6O2S. The largest absolute Gasteiger partial charge is 0.374 e. The number of hydrogen-bond donors (Lipinski definition) is 2. The third-order valence-electron chi connectivity index (χ3n) is 3.97. The SMILES string of the molecule is Cc1cccc(-c2noc(CCCC(=O)NC(C)(C)c3nnc(N)s3)n2)c1. The molecule has 0 radical (unpaired) electrons. The number of nitrogen functional groups attached to an aromatic ring is 1. The van der Waals surface area contributed by atoms with Crippen molar-refractivity contribution in [1.29, 1.82) is 0 Å². The molecular weight excluding hydrogens is 364 g/mol. The summed E-state index contributed by atoms with van der Waals surface area (Å²) in [7, 11) is 0. The topological polar surface area (TPSA) is 120 Å². The van der Waals surface area contributed by atoms with Crippen LogP contribution >= 0.6 is 11.3 Å². The van der Waals surface area contributed by atoms with E-state index in [9.17, 15) is 4.79 Å². The van der Waals surface area contributed by atoms with E-state index in [1.807, 2.05) is 45.0 Å². The zero-order valence-corrected chi connectivity index (χ0v) is 16.3. The molecule has 9 heteroatoms. The Balaban J connectivity index is 1.50. The van der Waals surface area contributed by atoms with E-state index in [0.717, 1.165) is 11.1 Å². The van der Waals surface area contributed by atoms with Crippen molar-refractivity contribution < 1.29 is 9.32 Å². The van der Waals surface area contributed by atoms with Crippen molar-refractivity contribution in [2.45, 2.75) is 45.6 Å². The van der Waals surface area contributed by atoms with Crippen LogP contribution in [0.2, 0.25) is 0 Å². The Bertz CT molecular complexity index is 933. The van der Waals surface area contributed by atoms with Gasteiger partial charge in [-0.15, -0.1) is 10.2 Å². The van der Waals surface area contributed by atoms with Gasteiger partial charge in [0.05, 0.1) is 5.54 Å². The minimum Gasteiger partial charge on any atom is -0.374 e. The lowest BCUT2D eigenvalue weighted by molar-refractivity contribution is -0.122. The molecule has 8 nitrogen and oxygen atoms in total. The van der Waals surface area contributed by atoms with Crippen LogP contribution in [-0.2, 0) is 16.8 Å². The summed E-state index contributed by atoms with van der Waals surface area (Å²) in [6, 6.07) is 7.92. The minimum atomic E-state index is -0.616. The third-order valence-corrected chi connectivity index (χ3v) is 5.04. The maximum absolute atomic E-state index is 12.2. The average Bonchev–Trinajstić information content (AvgIpc) is 3.24. The van der Waals surface area contributed by atoms with Crippen LogP contribution in [0.1, 0.15) is 43.2 Å². The van der Waals surface area contributed by atoms with E-state index < -0.39 is 5.54 Å². The second kappa shape index (κ2) is 7.83. The van der Waals surface area contributed by atoms with Crippen molar-refractivity contribution in [3.8, 4) is 11.4 Å². The van der Waals surface area contributed by atoms with E-state index in [0.29, 0.717) is 41.1 Å². The molecule has 1 aromatic carbocycles. The molecule has 2 heterocycles. The number of hydrogen-bond acceptors (Lipinski definition) is 8. The summed E-state index contributed by atoms with van der Waals surface area (Å²) in [5.74, 6) is 1.01. The fourth-order valence-electron chi connectivity index (χ4n) is 2.61. The zero-order valence-electron chi connectivity index (χ0n) is 15.5. The number of aromatic nitrogens is 4. The van der Waals surface area contributed by atoms with Gasteiger partial charge in [-0.25, -0.2) is 0 Å². The Morgan fingerprint density at radius 3 is 2.85 bits per heavy atom. The summed E-state index contributed by atoms with van der Waals surface area (Å²) in [5, 5.41) is 15.8. The standard InChI is InChI=1S/C18H22N6O2S/c1-11-6-4-7-12(10-11)15-20-14(26-24-15)9-5-8-13(25)21-18(2,3)16-22-23-17(19)27-16/h4,6-7,10H,5,8-9H2,1-3H3,(H2,19,23)(H,21,25). The van der Waals surface area contributed by atoms with Crippen LogP contribution in [0.4, 0.5) is 5.13 Å². The van der Waals surface area contributed by atoms with Crippen LogP contribution in [0.15, 0.2) is 28.8 Å². The molecule has 142 valence electrons. The smallest absolute Gasteiger partial charge is 0.226 e. The van der Waals surface area contributed by atoms with Gasteiger partial charge in [0.1, 0.15) is 5.01 Å². The molecule has 0 unspecified atom stereocenters. The van der Waals surface area contributed by atoms with Gasteiger partial charge in [0.15, 0.2) is 0 Å². The number of carbonyl (C=O) groups is 1. The molecule has 3 rings (SSSR count). The van der Waals surface area contributed by atoms with Crippen LogP contribution in [0.3, 0.4) is 0 Å². The fraction of sp³-hybridized carbons (Fsp3) is 0.389. The van der Waals surface area contributed by atoms with Crippen molar-refractivity contribution >= 4 is 22.4 Å². The first kappa shape index (κ1) is 19.0. The molecule has 0 saturated carbocycles. The highest BCUT2D eigenvalue weighted by atomic mass is 32.1. The van der Waals surface area contributed by atoms with E-state index in [1.54, 1.807) is 0 Å². The number of nitrogens with one attached hydrogen (secondary N) is 1. The third kappa shape index (κ3) is 4.88. The second-order valence-electron chi connectivity index (χ2n) is 6.85. The molecule has 0 bridgehead atoms. The molecule has 3 aromatic rings. The molecule has 27 heavy (non-hydrogen) atoms. The summed E-state index contributed by atoms with van der Waals surface area (Å²) in [5.41, 5.74) is 7.05. The van der Waals surface area contributed by atoms with Crippen molar-refractivity contribution in [3.63, 3.8) is 0 Å². The Kier molecular flexibility index (Phi) is 5.50. The Labute approximate surface area is 161 Å². The first-order chi connectivity index (χ1) is 12.8. The van der Waals surface area contributed by atoms with Crippen LogP contribution in [0, 0.1) is 6.92 Å². The molecule has 0 aliphatic rings. The highest BCUT2D eigenvalue weighted by Crippen LogP contribution is 2.25. The van der Waals surface area contributed by atoms with Gasteiger partial charge in [0.2, 0.25) is 22.8 Å². The van der Waals surface area contributed by atoms with Crippen molar-refractivity contribution in [2.24, 2.45) is 0 Å². The summed E-state index contributed by atoms with van der Waals surface area (Å²) in [6.07, 6.45) is 1.49. The highest BCUT2D eigenvalue weighted by molar-refractivity contribution is 7.15. The van der Waals surface area contributed by atoms with Crippen molar-refractivity contribution in [2.75, 3.05) is 5.73 Å². The van der Waals surface area contributed by atoms with E-state index >= 15 is 0 Å². The van der Waals surface area contributed by atoms with Gasteiger partial charge in [-0.05, 0) is 33.3 Å². The number of nitrogens with zero attached hydrogens (tertiary/aromatic N) is 4. The van der Waals surface area contributed by atoms with E-state index in [4.69, 9.17) is 10.3 Å². The zero-order chi connectivity index (χ0) is 19.4. The lowest BCUT2D eigenvalue weighted by atomic mass is 10.1. The number of amides is 1. The molecule has 1 amide bonds. The Hall–Kier alpha value is -2.81. The first-order valence-electron chi connectivity index (χ1n) is 8.63. The molecule has 2 aromatic heterocycles. The fourth-order valence-corrected chi connectivity index (χ4v) is 3.28. The number of benzene rings is 1. The number of nitrogens with two attached hydrogens (primary N) is 1. The summed E-state index contributed by atoms with van der Waals surface area (Å²) >= 11 is 1.27. The number of aryl methyl sites for hydroxylation is 2. The predicted octanol–water partition coefficient (Wildman–Crippen LogP) is 2.85. The quantitative estimate of drug-likeness (QED) is 0.640. The molecule has 0 aliphatic carbocycles. The molecule has 0 saturated heterocycles. The van der Waals surface area contributed by atoms with Gasteiger partial charge in [-0.1, -0.05) is 40.3 Å². The normalized spacial score (nSPS) is 11.5. The highest BCUT2D eigenvalue weighted by Gasteiger charge is 2.27. The van der Waals surface area contributed by atoms with Crippen LogP contribution in [-0.4, -0.2) is 26.2 Å². The van der Waals surface area contributed by atoms with Gasteiger partial charge >= 0.3 is 0 Å². The molecule has 0 fully saturated rings. The second-order valence-corrected chi connectivity index (χ2v) is 7.86. The van der Waals surface area contributed by atoms with Gasteiger partial charge in [0, 0.05) is 18.4 Å². The Morgan fingerprint density at radius 2 is 2.15 bits per heavy atom. The maximum Gasteiger partial charge on any atom is 0.226 e. The van der Waals surface area contributed by atoms with Gasteiger partial charge in [-0.2, -0.15) is 4.98 Å². The predicted molar refractivity (Wildman–Crippen MR) is 103 cm³/mol. The van der Waals surface area contributed by atoms with Crippen LogP contribution in [0.25, 0.3) is 11.4 Å². The summed E-state index contributed by atoms with van der Waals surface area (Å²) in [4.78, 5) is 16.6. The maximum atomic E-state index is 12.2.